The molecule has 0 amide bonds. The average Bonchev–Trinajstić information content (AvgIpc) is 4.13. The first-order chi connectivity index (χ1) is 30.7. The number of aliphatic hydroxyl groups is 2. The zero-order chi connectivity index (χ0) is 48.0. The van der Waals surface area contributed by atoms with E-state index in [1.54, 1.807) is 62.7 Å². The van der Waals surface area contributed by atoms with Gasteiger partial charge in [-0.1, -0.05) is 36.4 Å². The molecule has 0 bridgehead atoms. The molecule has 2 aromatic heterocycles. The number of piperazine rings is 2. The third kappa shape index (κ3) is 12.0. The van der Waals surface area contributed by atoms with E-state index >= 15 is 0 Å². The van der Waals surface area contributed by atoms with E-state index in [1.165, 1.54) is 52.4 Å². The molecule has 2 saturated heterocycles. The highest BCUT2D eigenvalue weighted by atomic mass is 32.3. The predicted molar refractivity (Wildman–Crippen MR) is 261 cm³/mol. The van der Waals surface area contributed by atoms with Gasteiger partial charge < -0.3 is 20.0 Å². The zero-order valence-corrected chi connectivity index (χ0v) is 43.1. The van der Waals surface area contributed by atoms with Crippen molar-refractivity contribution >= 4 is 74.1 Å². The maximum atomic E-state index is 13.2. The molecular formula is C44H62N6O10S6. The third-order valence-electron chi connectivity index (χ3n) is 12.4. The van der Waals surface area contributed by atoms with E-state index in [0.29, 0.717) is 34.6 Å². The van der Waals surface area contributed by atoms with Gasteiger partial charge in [0, 0.05) is 75.8 Å². The Bertz CT molecular complexity index is 2530. The number of rotatable bonds is 16. The van der Waals surface area contributed by atoms with E-state index in [9.17, 15) is 43.9 Å². The van der Waals surface area contributed by atoms with Gasteiger partial charge >= 0.3 is 0 Å². The summed E-state index contributed by atoms with van der Waals surface area (Å²) < 4.78 is 109. The van der Waals surface area contributed by atoms with Gasteiger partial charge in [0.15, 0.2) is 0 Å². The van der Waals surface area contributed by atoms with Crippen LogP contribution in [0.5, 0.6) is 0 Å². The van der Waals surface area contributed by atoms with Gasteiger partial charge in [-0.15, -0.1) is 22.7 Å². The van der Waals surface area contributed by atoms with E-state index < -0.39 is 51.3 Å². The molecule has 4 heterocycles. The highest BCUT2D eigenvalue weighted by Crippen LogP contribution is 2.35. The second-order valence-corrected chi connectivity index (χ2v) is 28.7. The van der Waals surface area contributed by atoms with Gasteiger partial charge in [-0.05, 0) is 112 Å². The van der Waals surface area contributed by atoms with Crippen molar-refractivity contribution in [3.8, 4) is 0 Å². The van der Waals surface area contributed by atoms with Crippen LogP contribution < -0.4 is 9.80 Å². The molecule has 4 aromatic rings. The fraction of sp³-hybridized carbons (Fsp3) is 0.545. The maximum absolute atomic E-state index is 13.2. The summed E-state index contributed by atoms with van der Waals surface area (Å²) in [7, 11) is -14.1. The monoisotopic (exact) mass is 1030 g/mol. The van der Waals surface area contributed by atoms with Crippen molar-refractivity contribution in [2.24, 2.45) is 0 Å². The Morgan fingerprint density at radius 3 is 1.14 bits per heavy atom. The van der Waals surface area contributed by atoms with Crippen molar-refractivity contribution < 1.29 is 43.9 Å². The number of benzene rings is 2. The summed E-state index contributed by atoms with van der Waals surface area (Å²) in [5.41, 5.74) is 1.38. The molecule has 22 heteroatoms. The lowest BCUT2D eigenvalue weighted by Gasteiger charge is -2.43. The maximum Gasteiger partial charge on any atom is 0.252 e. The predicted octanol–water partition coefficient (Wildman–Crippen LogP) is 4.56. The molecule has 66 heavy (non-hydrogen) atoms. The smallest absolute Gasteiger partial charge is 0.252 e. The van der Waals surface area contributed by atoms with E-state index in [1.807, 2.05) is 48.5 Å². The molecule has 2 aliphatic heterocycles. The largest absolute Gasteiger partial charge is 0.386 e. The average molecular weight is 1030 g/mol. The number of sulfonamides is 4. The highest BCUT2D eigenvalue weighted by molar-refractivity contribution is 7.91. The molecular weight excluding hydrogens is 965 g/mol. The second-order valence-electron chi connectivity index (χ2n) is 18.6. The van der Waals surface area contributed by atoms with Gasteiger partial charge in [0.25, 0.3) is 20.0 Å². The summed E-state index contributed by atoms with van der Waals surface area (Å²) in [6, 6.07) is 21.0. The SMILES string of the molecule is CC(C)(O)c1ccc(N2CCN(S(=O)(=O)c3cccs3)C[C@@H]2CN(C2CC2)S(C)(=O)=O)cc1.CC(C)(O)c1ccc(N2CCN(S(=O)(=O)c3cccs3)C[C@@H]2CN(C2CC2)S(C)(=O)=O)cc1. The molecule has 2 aliphatic carbocycles. The molecule has 2 saturated carbocycles. The first-order valence-electron chi connectivity index (χ1n) is 21.9. The Morgan fingerprint density at radius 1 is 0.545 bits per heavy atom. The van der Waals surface area contributed by atoms with Crippen LogP contribution in [0.1, 0.15) is 64.5 Å². The van der Waals surface area contributed by atoms with Gasteiger partial charge in [0.1, 0.15) is 8.42 Å². The standard InChI is InChI=1S/2C22H31N3O5S3/c2*1-22(2,26)17-6-8-18(9-7-17)24-13-12-23(33(29,30)21-5-4-14-31-21)15-20(24)16-25(19-10-11-19)32(3,27)28/h2*4-9,14,19-20,26H,10-13,15-16H2,1-3H3/t2*20-/m11/s1. The van der Waals surface area contributed by atoms with Crippen molar-refractivity contribution in [3.05, 3.63) is 94.7 Å². The summed E-state index contributed by atoms with van der Waals surface area (Å²) in [5, 5.41) is 24.0. The molecule has 4 aliphatic rings. The minimum Gasteiger partial charge on any atom is -0.386 e. The first-order valence-corrected chi connectivity index (χ1v) is 30.3. The van der Waals surface area contributed by atoms with Crippen LogP contribution in [0.2, 0.25) is 0 Å². The molecule has 2 atom stereocenters. The van der Waals surface area contributed by atoms with E-state index in [4.69, 9.17) is 0 Å². The minimum atomic E-state index is -3.64. The van der Waals surface area contributed by atoms with Gasteiger partial charge in [-0.3, -0.25) is 0 Å². The molecule has 8 rings (SSSR count). The van der Waals surface area contributed by atoms with Crippen LogP contribution in [0.3, 0.4) is 0 Å². The van der Waals surface area contributed by atoms with E-state index in [-0.39, 0.29) is 50.3 Å². The molecule has 2 N–H and O–H groups in total. The summed E-state index contributed by atoms with van der Waals surface area (Å²) in [6.45, 7) is 9.25. The van der Waals surface area contributed by atoms with Crippen molar-refractivity contribution in [1.82, 2.24) is 17.2 Å². The Hall–Kier alpha value is -3.00. The van der Waals surface area contributed by atoms with Gasteiger partial charge in [-0.25, -0.2) is 33.7 Å². The van der Waals surface area contributed by atoms with Crippen LogP contribution in [-0.4, -0.2) is 150 Å². The molecule has 0 unspecified atom stereocenters. The van der Waals surface area contributed by atoms with Crippen molar-refractivity contribution in [2.75, 3.05) is 74.7 Å². The number of hydrogen-bond donors (Lipinski definition) is 2. The van der Waals surface area contributed by atoms with Crippen LogP contribution >= 0.6 is 22.7 Å². The summed E-state index contributed by atoms with van der Waals surface area (Å²) >= 11 is 2.37. The summed E-state index contributed by atoms with van der Waals surface area (Å²) in [4.78, 5) is 4.18. The van der Waals surface area contributed by atoms with E-state index in [2.05, 4.69) is 9.80 Å². The Labute approximate surface area is 399 Å². The molecule has 0 radical (unpaired) electrons. The van der Waals surface area contributed by atoms with Crippen molar-refractivity contribution in [3.63, 3.8) is 0 Å². The normalized spacial score (nSPS) is 21.0. The quantitative estimate of drug-likeness (QED) is 0.159. The summed E-state index contributed by atoms with van der Waals surface area (Å²) in [6.07, 6.45) is 5.76. The lowest BCUT2D eigenvalue weighted by molar-refractivity contribution is 0.0780. The summed E-state index contributed by atoms with van der Waals surface area (Å²) in [5.74, 6) is 0. The highest BCUT2D eigenvalue weighted by Gasteiger charge is 2.43. The topological polar surface area (TPSA) is 196 Å². The number of nitrogens with zero attached hydrogens (tertiary/aromatic N) is 6. The minimum absolute atomic E-state index is 0.0105. The second kappa shape index (κ2) is 19.4. The lowest BCUT2D eigenvalue weighted by Crippen LogP contribution is -2.59. The van der Waals surface area contributed by atoms with Crippen LogP contribution in [0.15, 0.2) is 92.0 Å². The van der Waals surface area contributed by atoms with Crippen LogP contribution in [-0.2, 0) is 51.3 Å². The van der Waals surface area contributed by atoms with Gasteiger partial charge in [0.05, 0.1) is 35.8 Å². The Balaban J connectivity index is 0.000000196. The van der Waals surface area contributed by atoms with Gasteiger partial charge in [-0.2, -0.15) is 17.2 Å². The molecule has 2 aromatic carbocycles. The number of anilines is 2. The third-order valence-corrected chi connectivity index (χ3v) is 21.5. The Kier molecular flexibility index (Phi) is 15.0. The van der Waals surface area contributed by atoms with Crippen LogP contribution in [0.4, 0.5) is 11.4 Å². The number of thiophene rings is 2. The number of hydrogen-bond acceptors (Lipinski definition) is 14. The molecule has 364 valence electrons. The Morgan fingerprint density at radius 2 is 0.879 bits per heavy atom. The molecule has 16 nitrogen and oxygen atoms in total. The van der Waals surface area contributed by atoms with Crippen molar-refractivity contribution in [1.29, 1.82) is 0 Å². The zero-order valence-electron chi connectivity index (χ0n) is 38.2. The van der Waals surface area contributed by atoms with E-state index in [0.717, 1.165) is 48.2 Å². The van der Waals surface area contributed by atoms with Gasteiger partial charge in [0.2, 0.25) is 20.0 Å². The van der Waals surface area contributed by atoms with Crippen molar-refractivity contribution in [2.45, 2.75) is 97.2 Å². The fourth-order valence-electron chi connectivity index (χ4n) is 8.53. The first kappa shape index (κ1) is 50.9. The van der Waals surface area contributed by atoms with Crippen LogP contribution in [0.25, 0.3) is 0 Å². The molecule has 0 spiro atoms. The molecule has 4 fully saturated rings. The fourth-order valence-corrected chi connectivity index (χ4v) is 16.1. The van der Waals surface area contributed by atoms with Crippen LogP contribution in [0, 0.1) is 0 Å². The lowest BCUT2D eigenvalue weighted by atomic mass is 9.98.